The van der Waals surface area contributed by atoms with E-state index in [4.69, 9.17) is 16.9 Å². The molecule has 1 amide bonds. The van der Waals surface area contributed by atoms with Gasteiger partial charge in [-0.15, -0.1) is 0 Å². The minimum atomic E-state index is -0.354. The van der Waals surface area contributed by atoms with Gasteiger partial charge in [-0.2, -0.15) is 5.26 Å². The van der Waals surface area contributed by atoms with Crippen LogP contribution in [0.1, 0.15) is 17.0 Å². The zero-order valence-corrected chi connectivity index (χ0v) is 11.7. The van der Waals surface area contributed by atoms with Gasteiger partial charge < -0.3 is 10.3 Å². The molecule has 1 aromatic heterocycles. The lowest BCUT2D eigenvalue weighted by molar-refractivity contribution is -0.118. The van der Waals surface area contributed by atoms with Gasteiger partial charge in [0, 0.05) is 13.0 Å². The van der Waals surface area contributed by atoms with E-state index in [-0.39, 0.29) is 11.9 Å². The number of fused-ring (bicyclic) bond motifs is 1. The predicted molar refractivity (Wildman–Crippen MR) is 77.7 cm³/mol. The Bertz CT molecular complexity index is 733. The van der Waals surface area contributed by atoms with Crippen LogP contribution in [0, 0.1) is 11.3 Å². The van der Waals surface area contributed by atoms with Crippen molar-refractivity contribution in [2.75, 3.05) is 5.32 Å². The SMILES string of the molecule is N#Cc1ccc(NC(=O)C2Cc3nc[nH]c3CN2)c(Cl)c1. The van der Waals surface area contributed by atoms with Crippen LogP contribution in [0.5, 0.6) is 0 Å². The summed E-state index contributed by atoms with van der Waals surface area (Å²) in [7, 11) is 0. The molecule has 0 spiro atoms. The topological polar surface area (TPSA) is 93.6 Å². The number of benzene rings is 1. The highest BCUT2D eigenvalue weighted by molar-refractivity contribution is 6.33. The third kappa shape index (κ3) is 2.75. The molecule has 0 aliphatic carbocycles. The quantitative estimate of drug-likeness (QED) is 0.785. The summed E-state index contributed by atoms with van der Waals surface area (Å²) in [5.41, 5.74) is 2.86. The Kier molecular flexibility index (Phi) is 3.60. The monoisotopic (exact) mass is 301 g/mol. The molecule has 1 aliphatic rings. The Morgan fingerprint density at radius 3 is 3.14 bits per heavy atom. The molecule has 2 heterocycles. The number of H-pyrrole nitrogens is 1. The average Bonchev–Trinajstić information content (AvgIpc) is 2.96. The number of aromatic amines is 1. The summed E-state index contributed by atoms with van der Waals surface area (Å²) in [4.78, 5) is 19.5. The molecule has 3 N–H and O–H groups in total. The van der Waals surface area contributed by atoms with Crippen LogP contribution in [-0.2, 0) is 17.8 Å². The van der Waals surface area contributed by atoms with Crippen LogP contribution in [0.4, 0.5) is 5.69 Å². The molecule has 0 saturated carbocycles. The number of aromatic nitrogens is 2. The summed E-state index contributed by atoms with van der Waals surface area (Å²) < 4.78 is 0. The van der Waals surface area contributed by atoms with E-state index in [2.05, 4.69) is 20.6 Å². The minimum absolute atomic E-state index is 0.171. The van der Waals surface area contributed by atoms with Crippen molar-refractivity contribution in [2.24, 2.45) is 0 Å². The minimum Gasteiger partial charge on any atom is -0.347 e. The Morgan fingerprint density at radius 2 is 2.38 bits per heavy atom. The van der Waals surface area contributed by atoms with Crippen molar-refractivity contribution in [3.63, 3.8) is 0 Å². The van der Waals surface area contributed by atoms with E-state index in [0.29, 0.717) is 29.2 Å². The van der Waals surface area contributed by atoms with Gasteiger partial charge in [-0.25, -0.2) is 4.98 Å². The molecule has 0 fully saturated rings. The Balaban J connectivity index is 1.71. The van der Waals surface area contributed by atoms with Gasteiger partial charge in [0.05, 0.1) is 46.1 Å². The number of nitrogens with one attached hydrogen (secondary N) is 3. The van der Waals surface area contributed by atoms with Crippen molar-refractivity contribution in [3.8, 4) is 6.07 Å². The van der Waals surface area contributed by atoms with Gasteiger partial charge in [0.25, 0.3) is 0 Å². The summed E-state index contributed by atoms with van der Waals surface area (Å²) in [5, 5.41) is 15.1. The molecule has 1 aromatic carbocycles. The zero-order valence-electron chi connectivity index (χ0n) is 11.0. The highest BCUT2D eigenvalue weighted by atomic mass is 35.5. The van der Waals surface area contributed by atoms with Gasteiger partial charge in [0.1, 0.15) is 0 Å². The van der Waals surface area contributed by atoms with Crippen molar-refractivity contribution in [1.29, 1.82) is 5.26 Å². The maximum absolute atomic E-state index is 12.3. The molecule has 1 atom stereocenters. The first kappa shape index (κ1) is 13.6. The van der Waals surface area contributed by atoms with Crippen LogP contribution in [0.3, 0.4) is 0 Å². The molecule has 2 aromatic rings. The molecular formula is C14H12ClN5O. The number of rotatable bonds is 2. The van der Waals surface area contributed by atoms with Crippen LogP contribution >= 0.6 is 11.6 Å². The van der Waals surface area contributed by atoms with E-state index < -0.39 is 0 Å². The molecule has 0 bridgehead atoms. The second-order valence-corrected chi connectivity index (χ2v) is 5.17. The predicted octanol–water partition coefficient (Wildman–Crippen LogP) is 1.59. The van der Waals surface area contributed by atoms with Crippen molar-refractivity contribution in [3.05, 3.63) is 46.5 Å². The number of halogens is 1. The Morgan fingerprint density at radius 1 is 1.52 bits per heavy atom. The molecule has 6 nitrogen and oxygen atoms in total. The van der Waals surface area contributed by atoms with E-state index in [1.807, 2.05) is 6.07 Å². The fraction of sp³-hybridized carbons (Fsp3) is 0.214. The smallest absolute Gasteiger partial charge is 0.241 e. The van der Waals surface area contributed by atoms with Crippen molar-refractivity contribution in [2.45, 2.75) is 19.0 Å². The lowest BCUT2D eigenvalue weighted by Gasteiger charge is -2.22. The summed E-state index contributed by atoms with van der Waals surface area (Å²) >= 11 is 6.05. The molecule has 1 unspecified atom stereocenters. The number of hydrogen-bond acceptors (Lipinski definition) is 4. The number of carbonyl (C=O) groups is 1. The second kappa shape index (κ2) is 5.56. The van der Waals surface area contributed by atoms with E-state index in [1.165, 1.54) is 6.07 Å². The molecular weight excluding hydrogens is 290 g/mol. The van der Waals surface area contributed by atoms with Crippen molar-refractivity contribution < 1.29 is 4.79 Å². The fourth-order valence-corrected chi connectivity index (χ4v) is 2.49. The van der Waals surface area contributed by atoms with E-state index in [0.717, 1.165) is 11.4 Å². The second-order valence-electron chi connectivity index (χ2n) is 4.76. The van der Waals surface area contributed by atoms with E-state index >= 15 is 0 Å². The van der Waals surface area contributed by atoms with Crippen LogP contribution < -0.4 is 10.6 Å². The van der Waals surface area contributed by atoms with Gasteiger partial charge in [-0.3, -0.25) is 10.1 Å². The van der Waals surface area contributed by atoms with Gasteiger partial charge in [0.2, 0.25) is 5.91 Å². The number of nitriles is 1. The third-order valence-corrected chi connectivity index (χ3v) is 3.72. The normalized spacial score (nSPS) is 16.9. The Hall–Kier alpha value is -2.36. The molecule has 3 rings (SSSR count). The van der Waals surface area contributed by atoms with Gasteiger partial charge in [0.15, 0.2) is 0 Å². The maximum Gasteiger partial charge on any atom is 0.241 e. The first-order valence-electron chi connectivity index (χ1n) is 6.42. The van der Waals surface area contributed by atoms with E-state index in [9.17, 15) is 4.79 Å². The van der Waals surface area contributed by atoms with Crippen LogP contribution in [-0.4, -0.2) is 21.9 Å². The summed E-state index contributed by atoms with van der Waals surface area (Å²) in [5.74, 6) is -0.171. The highest BCUT2D eigenvalue weighted by Crippen LogP contribution is 2.23. The average molecular weight is 302 g/mol. The lowest BCUT2D eigenvalue weighted by Crippen LogP contribution is -2.44. The van der Waals surface area contributed by atoms with Gasteiger partial charge >= 0.3 is 0 Å². The van der Waals surface area contributed by atoms with Crippen LogP contribution in [0.25, 0.3) is 0 Å². The summed E-state index contributed by atoms with van der Waals surface area (Å²) in [6.07, 6.45) is 2.16. The number of imidazole rings is 1. The van der Waals surface area contributed by atoms with Gasteiger partial charge in [-0.05, 0) is 18.2 Å². The molecule has 106 valence electrons. The zero-order chi connectivity index (χ0) is 14.8. The number of anilines is 1. The molecule has 0 saturated heterocycles. The fourth-order valence-electron chi connectivity index (χ4n) is 2.26. The Labute approximate surface area is 126 Å². The largest absolute Gasteiger partial charge is 0.347 e. The number of amides is 1. The molecule has 0 radical (unpaired) electrons. The number of carbonyl (C=O) groups excluding carboxylic acids is 1. The maximum atomic E-state index is 12.3. The molecule has 21 heavy (non-hydrogen) atoms. The lowest BCUT2D eigenvalue weighted by atomic mass is 10.0. The standard InChI is InChI=1S/C14H12ClN5O/c15-9-3-8(5-16)1-2-10(9)20-14(21)12-4-11-13(6-17-12)19-7-18-11/h1-3,7,12,17H,4,6H2,(H,18,19)(H,20,21). The van der Waals surface area contributed by atoms with Crippen LogP contribution in [0.2, 0.25) is 5.02 Å². The van der Waals surface area contributed by atoms with Gasteiger partial charge in [-0.1, -0.05) is 11.6 Å². The first-order chi connectivity index (χ1) is 10.2. The van der Waals surface area contributed by atoms with Crippen molar-refractivity contribution >= 4 is 23.2 Å². The molecule has 1 aliphatic heterocycles. The summed E-state index contributed by atoms with van der Waals surface area (Å²) in [6, 6.07) is 6.41. The highest BCUT2D eigenvalue weighted by Gasteiger charge is 2.26. The number of hydrogen-bond donors (Lipinski definition) is 3. The number of nitrogens with zero attached hydrogens (tertiary/aromatic N) is 2. The van der Waals surface area contributed by atoms with E-state index in [1.54, 1.807) is 18.5 Å². The first-order valence-corrected chi connectivity index (χ1v) is 6.80. The summed E-state index contributed by atoms with van der Waals surface area (Å²) in [6.45, 7) is 0.578. The molecule has 7 heteroatoms. The third-order valence-electron chi connectivity index (χ3n) is 3.40. The van der Waals surface area contributed by atoms with Crippen LogP contribution in [0.15, 0.2) is 24.5 Å². The van der Waals surface area contributed by atoms with Crippen molar-refractivity contribution in [1.82, 2.24) is 15.3 Å².